The van der Waals surface area contributed by atoms with Crippen LogP contribution in [-0.4, -0.2) is 32.4 Å². The molecule has 8 heteroatoms. The number of nitro groups is 1. The third-order valence-corrected chi connectivity index (χ3v) is 5.10. The fourth-order valence-electron chi connectivity index (χ4n) is 3.45. The highest BCUT2D eigenvalue weighted by atomic mass is 16.6. The van der Waals surface area contributed by atoms with Crippen molar-refractivity contribution in [1.82, 2.24) is 15.0 Å². The largest absolute Gasteiger partial charge is 0.339 e. The molecule has 0 aliphatic rings. The van der Waals surface area contributed by atoms with Crippen molar-refractivity contribution in [3.63, 3.8) is 0 Å². The number of nitrogens with zero attached hydrogens (tertiary/aromatic N) is 4. The highest BCUT2D eigenvalue weighted by molar-refractivity contribution is 5.77. The van der Waals surface area contributed by atoms with E-state index >= 15 is 0 Å². The molecule has 1 amide bonds. The Morgan fingerprint density at radius 1 is 1.16 bits per heavy atom. The van der Waals surface area contributed by atoms with E-state index in [-0.39, 0.29) is 28.9 Å². The van der Waals surface area contributed by atoms with Crippen molar-refractivity contribution in [2.24, 2.45) is 5.41 Å². The number of non-ortho nitro benzene ring substituents is 1. The van der Waals surface area contributed by atoms with Gasteiger partial charge in [-0.15, -0.1) is 0 Å². The third-order valence-electron chi connectivity index (χ3n) is 5.10. The molecule has 1 heterocycles. The molecule has 0 saturated carbocycles. The van der Waals surface area contributed by atoms with Crippen LogP contribution < -0.4 is 0 Å². The van der Waals surface area contributed by atoms with E-state index < -0.39 is 4.92 Å². The first-order chi connectivity index (χ1) is 15.1. The molecule has 1 aromatic heterocycles. The summed E-state index contributed by atoms with van der Waals surface area (Å²) in [4.78, 5) is 29.9. The second-order valence-electron chi connectivity index (χ2n) is 8.98. The Morgan fingerprint density at radius 2 is 1.88 bits per heavy atom. The Bertz CT molecular complexity index is 1070. The van der Waals surface area contributed by atoms with Crippen molar-refractivity contribution in [1.29, 1.82) is 0 Å². The van der Waals surface area contributed by atoms with Gasteiger partial charge in [0.15, 0.2) is 0 Å². The zero-order valence-electron chi connectivity index (χ0n) is 18.8. The van der Waals surface area contributed by atoms with Crippen LogP contribution in [0.5, 0.6) is 0 Å². The summed E-state index contributed by atoms with van der Waals surface area (Å²) in [6.45, 7) is 8.55. The molecular formula is C24H28N4O4. The summed E-state index contributed by atoms with van der Waals surface area (Å²) in [5.74, 6) is 0.722. The van der Waals surface area contributed by atoms with E-state index in [9.17, 15) is 14.9 Å². The van der Waals surface area contributed by atoms with Gasteiger partial charge in [0.1, 0.15) is 0 Å². The lowest BCUT2D eigenvalue weighted by Gasteiger charge is -2.32. The molecule has 8 nitrogen and oxygen atoms in total. The van der Waals surface area contributed by atoms with E-state index in [4.69, 9.17) is 4.52 Å². The average Bonchev–Trinajstić information content (AvgIpc) is 3.22. The minimum Gasteiger partial charge on any atom is -0.339 e. The Morgan fingerprint density at radius 3 is 2.53 bits per heavy atom. The first-order valence-corrected chi connectivity index (χ1v) is 10.6. The van der Waals surface area contributed by atoms with Crippen molar-refractivity contribution in [2.45, 2.75) is 46.6 Å². The number of hydrogen-bond acceptors (Lipinski definition) is 6. The van der Waals surface area contributed by atoms with Gasteiger partial charge in [0.2, 0.25) is 17.6 Å². The molecule has 0 aliphatic carbocycles. The van der Waals surface area contributed by atoms with Crippen LogP contribution in [0.15, 0.2) is 59.1 Å². The van der Waals surface area contributed by atoms with Crippen LogP contribution in [-0.2, 0) is 11.2 Å². The normalized spacial score (nSPS) is 12.4. The molecule has 0 bridgehead atoms. The molecule has 3 rings (SSSR count). The highest BCUT2D eigenvalue weighted by Gasteiger charge is 2.26. The quantitative estimate of drug-likeness (QED) is 0.355. The molecule has 3 aromatic rings. The Labute approximate surface area is 187 Å². The fourth-order valence-corrected chi connectivity index (χ4v) is 3.45. The van der Waals surface area contributed by atoms with E-state index in [1.807, 2.05) is 62.9 Å². The molecule has 1 atom stereocenters. The second-order valence-corrected chi connectivity index (χ2v) is 8.98. The molecule has 168 valence electrons. The summed E-state index contributed by atoms with van der Waals surface area (Å²) in [5, 5.41) is 15.0. The topological polar surface area (TPSA) is 102 Å². The zero-order valence-corrected chi connectivity index (χ0v) is 18.8. The molecule has 0 saturated heterocycles. The average molecular weight is 437 g/mol. The maximum atomic E-state index is 13.1. The molecule has 0 unspecified atom stereocenters. The monoisotopic (exact) mass is 436 g/mol. The number of benzene rings is 2. The number of rotatable bonds is 8. The number of amides is 1. The fraction of sp³-hybridized carbons (Fsp3) is 0.375. The number of carbonyl (C=O) groups is 1. The van der Waals surface area contributed by atoms with Crippen LogP contribution >= 0.6 is 0 Å². The van der Waals surface area contributed by atoms with Gasteiger partial charge >= 0.3 is 0 Å². The van der Waals surface area contributed by atoms with Crippen molar-refractivity contribution in [3.8, 4) is 11.4 Å². The number of nitro benzene ring substituents is 1. The molecule has 0 spiro atoms. The van der Waals surface area contributed by atoms with E-state index in [1.165, 1.54) is 12.1 Å². The van der Waals surface area contributed by atoms with Gasteiger partial charge < -0.3 is 9.42 Å². The highest BCUT2D eigenvalue weighted by Crippen LogP contribution is 2.26. The van der Waals surface area contributed by atoms with E-state index in [0.717, 1.165) is 5.56 Å². The summed E-state index contributed by atoms with van der Waals surface area (Å²) < 4.78 is 5.37. The van der Waals surface area contributed by atoms with Gasteiger partial charge in [0.25, 0.3) is 5.69 Å². The van der Waals surface area contributed by atoms with Crippen LogP contribution in [0, 0.1) is 15.5 Å². The zero-order chi connectivity index (χ0) is 23.3. The summed E-state index contributed by atoms with van der Waals surface area (Å²) in [7, 11) is 0. The standard InChI is InChI=1S/C24H28N4O4/c1-17(18-9-6-5-7-10-18)27(22(29)16-24(2,3)4)14-13-21-25-23(26-32-21)19-11-8-12-20(15-19)28(30)31/h5-12,15,17H,13-14,16H2,1-4H3/t17-/m0/s1. The molecule has 32 heavy (non-hydrogen) atoms. The van der Waals surface area contributed by atoms with E-state index in [0.29, 0.717) is 30.8 Å². The number of aromatic nitrogens is 2. The molecular weight excluding hydrogens is 408 g/mol. The lowest BCUT2D eigenvalue weighted by atomic mass is 9.91. The third kappa shape index (κ3) is 6.00. The predicted octanol–water partition coefficient (Wildman–Crippen LogP) is 5.21. The molecule has 0 radical (unpaired) electrons. The van der Waals surface area contributed by atoms with Gasteiger partial charge in [-0.05, 0) is 17.9 Å². The van der Waals surface area contributed by atoms with Gasteiger partial charge in [-0.3, -0.25) is 14.9 Å². The van der Waals surface area contributed by atoms with Crippen molar-refractivity contribution < 1.29 is 14.2 Å². The smallest absolute Gasteiger partial charge is 0.270 e. The van der Waals surface area contributed by atoms with Gasteiger partial charge in [0.05, 0.1) is 11.0 Å². The first kappa shape index (κ1) is 23.1. The van der Waals surface area contributed by atoms with Gasteiger partial charge in [-0.25, -0.2) is 0 Å². The minimum absolute atomic E-state index is 0.0375. The minimum atomic E-state index is -0.464. The van der Waals surface area contributed by atoms with Crippen molar-refractivity contribution in [3.05, 3.63) is 76.2 Å². The number of hydrogen-bond donors (Lipinski definition) is 0. The van der Waals surface area contributed by atoms with Crippen LogP contribution in [0.4, 0.5) is 5.69 Å². The van der Waals surface area contributed by atoms with Gasteiger partial charge in [-0.2, -0.15) is 4.98 Å². The Hall–Kier alpha value is -3.55. The predicted molar refractivity (Wildman–Crippen MR) is 121 cm³/mol. The van der Waals surface area contributed by atoms with Crippen molar-refractivity contribution >= 4 is 11.6 Å². The summed E-state index contributed by atoms with van der Waals surface area (Å²) >= 11 is 0. The maximum Gasteiger partial charge on any atom is 0.270 e. The summed E-state index contributed by atoms with van der Waals surface area (Å²) in [6, 6.07) is 15.9. The first-order valence-electron chi connectivity index (χ1n) is 10.6. The van der Waals surface area contributed by atoms with E-state index in [1.54, 1.807) is 12.1 Å². The molecule has 2 aromatic carbocycles. The van der Waals surface area contributed by atoms with Crippen LogP contribution in [0.1, 0.15) is 51.6 Å². The Kier molecular flexibility index (Phi) is 7.02. The second kappa shape index (κ2) is 9.72. The summed E-state index contributed by atoms with van der Waals surface area (Å²) in [6.07, 6.45) is 0.807. The maximum absolute atomic E-state index is 13.1. The Balaban J connectivity index is 1.77. The van der Waals surface area contributed by atoms with Crippen LogP contribution in [0.3, 0.4) is 0 Å². The van der Waals surface area contributed by atoms with Crippen LogP contribution in [0.25, 0.3) is 11.4 Å². The SMILES string of the molecule is C[C@@H](c1ccccc1)N(CCc1nc(-c2cccc([N+](=O)[O-])c2)no1)C(=O)CC(C)(C)C. The van der Waals surface area contributed by atoms with E-state index in [2.05, 4.69) is 10.1 Å². The molecule has 0 fully saturated rings. The molecule has 0 N–H and O–H groups in total. The molecule has 0 aliphatic heterocycles. The summed E-state index contributed by atoms with van der Waals surface area (Å²) in [5.41, 5.74) is 1.39. The van der Waals surface area contributed by atoms with Crippen LogP contribution in [0.2, 0.25) is 0 Å². The number of carbonyl (C=O) groups excluding carboxylic acids is 1. The lowest BCUT2D eigenvalue weighted by molar-refractivity contribution is -0.384. The van der Waals surface area contributed by atoms with Gasteiger partial charge in [-0.1, -0.05) is 68.4 Å². The van der Waals surface area contributed by atoms with Crippen molar-refractivity contribution in [2.75, 3.05) is 6.54 Å². The lowest BCUT2D eigenvalue weighted by Crippen LogP contribution is -2.37. The van der Waals surface area contributed by atoms with Gasteiger partial charge in [0, 0.05) is 37.1 Å².